The van der Waals surface area contributed by atoms with E-state index in [1.807, 2.05) is 4.90 Å². The van der Waals surface area contributed by atoms with Crippen molar-refractivity contribution in [2.75, 3.05) is 44.9 Å². The molecule has 0 radical (unpaired) electrons. The number of carboxylic acids is 1. The molecule has 2 atom stereocenters. The first-order valence-electron chi connectivity index (χ1n) is 9.53. The second kappa shape index (κ2) is 9.59. The predicted octanol–water partition coefficient (Wildman–Crippen LogP) is 1.66. The van der Waals surface area contributed by atoms with Gasteiger partial charge in [-0.05, 0) is 31.2 Å². The summed E-state index contributed by atoms with van der Waals surface area (Å²) in [6.07, 6.45) is 0. The minimum atomic E-state index is -1.05. The summed E-state index contributed by atoms with van der Waals surface area (Å²) in [5, 5.41) is 20.8. The van der Waals surface area contributed by atoms with Crippen LogP contribution in [0.2, 0.25) is 0 Å². The van der Waals surface area contributed by atoms with E-state index in [0.29, 0.717) is 42.9 Å². The molecule has 2 aliphatic heterocycles. The largest absolute Gasteiger partial charge is 0.497 e. The molecule has 0 aliphatic carbocycles. The summed E-state index contributed by atoms with van der Waals surface area (Å²) < 4.78 is 16.3. The number of ether oxygens (including phenoxy) is 2. The Hall–Kier alpha value is -3.11. The molecule has 30 heavy (non-hydrogen) atoms. The fourth-order valence-corrected chi connectivity index (χ4v) is 3.89. The molecular weight excluding hydrogens is 394 g/mol. The van der Waals surface area contributed by atoms with Crippen LogP contribution in [0.25, 0.3) is 11.3 Å². The van der Waals surface area contributed by atoms with Gasteiger partial charge in [-0.2, -0.15) is 0 Å². The Morgan fingerprint density at radius 3 is 2.60 bits per heavy atom. The molecule has 2 aromatic rings. The lowest BCUT2D eigenvalue weighted by atomic mass is 10.1. The number of anilines is 1. The number of benzene rings is 1. The number of aromatic carboxylic acids is 1. The quantitative estimate of drug-likeness (QED) is 0.707. The molecule has 162 valence electrons. The highest BCUT2D eigenvalue weighted by Gasteiger charge is 2.36. The monoisotopic (exact) mass is 419 g/mol. The Balaban J connectivity index is 0.000000806. The van der Waals surface area contributed by atoms with Crippen molar-refractivity contribution in [3.63, 3.8) is 0 Å². The second-order valence-corrected chi connectivity index (χ2v) is 7.07. The Kier molecular flexibility index (Phi) is 6.91. The Morgan fingerprint density at radius 2 is 1.97 bits per heavy atom. The molecule has 2 N–H and O–H groups in total. The van der Waals surface area contributed by atoms with E-state index in [-0.39, 0.29) is 23.8 Å². The highest BCUT2D eigenvalue weighted by molar-refractivity contribution is 5.99. The fourth-order valence-electron chi connectivity index (χ4n) is 3.89. The van der Waals surface area contributed by atoms with Gasteiger partial charge in [0.2, 0.25) is 0 Å². The van der Waals surface area contributed by atoms with Gasteiger partial charge >= 0.3 is 5.97 Å². The molecule has 10 heteroatoms. The molecule has 2 saturated heterocycles. The van der Waals surface area contributed by atoms with Crippen LogP contribution in [-0.2, 0) is 9.53 Å². The molecule has 0 unspecified atom stereocenters. The number of rotatable bonds is 4. The maximum atomic E-state index is 12.0. The van der Waals surface area contributed by atoms with Crippen molar-refractivity contribution >= 4 is 18.3 Å². The van der Waals surface area contributed by atoms with Gasteiger partial charge in [-0.3, -0.25) is 9.69 Å². The molecule has 1 aromatic carbocycles. The third-order valence-corrected chi connectivity index (χ3v) is 5.30. The summed E-state index contributed by atoms with van der Waals surface area (Å²) >= 11 is 0. The number of fused-ring (bicyclic) bond motifs is 1. The normalized spacial score (nSPS) is 21.2. The van der Waals surface area contributed by atoms with Crippen molar-refractivity contribution in [3.05, 3.63) is 29.8 Å². The van der Waals surface area contributed by atoms with E-state index in [9.17, 15) is 9.90 Å². The van der Waals surface area contributed by atoms with Gasteiger partial charge < -0.3 is 29.1 Å². The lowest BCUT2D eigenvalue weighted by molar-refractivity contribution is -0.122. The molecule has 1 aromatic heterocycles. The Bertz CT molecular complexity index is 868. The summed E-state index contributed by atoms with van der Waals surface area (Å²) in [5.41, 5.74) is 0.749. The van der Waals surface area contributed by atoms with Crippen LogP contribution >= 0.6 is 0 Å². The molecule has 2 aliphatic rings. The minimum Gasteiger partial charge on any atom is -0.497 e. The smallest absolute Gasteiger partial charge is 0.343 e. The fraction of sp³-hybridized carbons (Fsp3) is 0.450. The molecular formula is C20H25N3O7. The number of morpholine rings is 1. The summed E-state index contributed by atoms with van der Waals surface area (Å²) in [7, 11) is 1.58. The SMILES string of the molecule is COc1ccc(-c2onc(N3CCN4[C@@H](COC[C@@H]4C)C3)c2C(=O)O)cc1.O=CO. The van der Waals surface area contributed by atoms with Crippen LogP contribution in [0, 0.1) is 0 Å². The number of piperazine rings is 1. The molecule has 2 fully saturated rings. The third-order valence-electron chi connectivity index (χ3n) is 5.30. The molecule has 0 saturated carbocycles. The van der Waals surface area contributed by atoms with Crippen LogP contribution in [0.5, 0.6) is 5.75 Å². The molecule has 0 spiro atoms. The van der Waals surface area contributed by atoms with E-state index < -0.39 is 5.97 Å². The van der Waals surface area contributed by atoms with Gasteiger partial charge in [0.1, 0.15) is 5.75 Å². The number of nitrogens with zero attached hydrogens (tertiary/aromatic N) is 3. The molecule has 4 rings (SSSR count). The number of methoxy groups -OCH3 is 1. The second-order valence-electron chi connectivity index (χ2n) is 7.07. The van der Waals surface area contributed by atoms with Crippen molar-refractivity contribution < 1.29 is 33.8 Å². The zero-order valence-corrected chi connectivity index (χ0v) is 16.9. The van der Waals surface area contributed by atoms with Crippen molar-refractivity contribution in [1.29, 1.82) is 0 Å². The number of hydrogen-bond donors (Lipinski definition) is 2. The lowest BCUT2D eigenvalue weighted by Gasteiger charge is -2.47. The van der Waals surface area contributed by atoms with Crippen LogP contribution in [0.4, 0.5) is 5.82 Å². The van der Waals surface area contributed by atoms with E-state index in [4.69, 9.17) is 23.9 Å². The molecule has 0 bridgehead atoms. The molecule has 0 amide bonds. The van der Waals surface area contributed by atoms with Gasteiger partial charge in [-0.1, -0.05) is 5.16 Å². The predicted molar refractivity (Wildman–Crippen MR) is 107 cm³/mol. The number of carboxylic acid groups (broad SMARTS) is 2. The van der Waals surface area contributed by atoms with E-state index in [2.05, 4.69) is 17.0 Å². The Morgan fingerprint density at radius 1 is 1.27 bits per heavy atom. The van der Waals surface area contributed by atoms with E-state index in [1.165, 1.54) is 0 Å². The van der Waals surface area contributed by atoms with Gasteiger partial charge in [0.05, 0.1) is 26.4 Å². The van der Waals surface area contributed by atoms with Crippen molar-refractivity contribution in [1.82, 2.24) is 10.1 Å². The first-order valence-corrected chi connectivity index (χ1v) is 9.53. The molecule has 3 heterocycles. The summed E-state index contributed by atoms with van der Waals surface area (Å²) in [4.78, 5) is 24.8. The van der Waals surface area contributed by atoms with Crippen LogP contribution in [0.1, 0.15) is 17.3 Å². The van der Waals surface area contributed by atoms with E-state index in [0.717, 1.165) is 13.2 Å². The average Bonchev–Trinajstić information content (AvgIpc) is 3.20. The van der Waals surface area contributed by atoms with Crippen LogP contribution in [-0.4, -0.2) is 84.8 Å². The number of aromatic nitrogens is 1. The van der Waals surface area contributed by atoms with Crippen LogP contribution in [0.3, 0.4) is 0 Å². The standard InChI is InChI=1S/C19H23N3O5.CH2O2/c1-12-10-26-11-14-9-21(7-8-22(12)14)18-16(19(23)24)17(27-20-18)13-3-5-15(25-2)6-4-13;2-1-3/h3-6,12,14H,7-11H2,1-2H3,(H,23,24);1H,(H,2,3)/t12-,14+;/m0./s1. The minimum absolute atomic E-state index is 0.0957. The lowest BCUT2D eigenvalue weighted by Crippen LogP contribution is -2.61. The first kappa shape index (κ1) is 21.6. The van der Waals surface area contributed by atoms with Crippen molar-refractivity contribution in [3.8, 4) is 17.1 Å². The van der Waals surface area contributed by atoms with Gasteiger partial charge in [-0.15, -0.1) is 0 Å². The zero-order valence-electron chi connectivity index (χ0n) is 16.9. The molecule has 10 nitrogen and oxygen atoms in total. The maximum absolute atomic E-state index is 12.0. The summed E-state index contributed by atoms with van der Waals surface area (Å²) in [5.74, 6) is 0.285. The van der Waals surface area contributed by atoms with Crippen molar-refractivity contribution in [2.45, 2.75) is 19.0 Å². The third kappa shape index (κ3) is 4.39. The van der Waals surface area contributed by atoms with Crippen LogP contribution < -0.4 is 9.64 Å². The van der Waals surface area contributed by atoms with Gasteiger partial charge in [0.25, 0.3) is 6.47 Å². The van der Waals surface area contributed by atoms with E-state index in [1.54, 1.807) is 31.4 Å². The number of hydrogen-bond acceptors (Lipinski definition) is 8. The van der Waals surface area contributed by atoms with E-state index >= 15 is 0 Å². The van der Waals surface area contributed by atoms with Gasteiger partial charge in [0.15, 0.2) is 17.1 Å². The summed E-state index contributed by atoms with van der Waals surface area (Å²) in [6.45, 7) is 5.51. The first-order chi connectivity index (χ1) is 14.5. The average molecular weight is 419 g/mol. The van der Waals surface area contributed by atoms with Crippen molar-refractivity contribution in [2.24, 2.45) is 0 Å². The van der Waals surface area contributed by atoms with Crippen LogP contribution in [0.15, 0.2) is 28.8 Å². The van der Waals surface area contributed by atoms with Gasteiger partial charge in [-0.25, -0.2) is 4.79 Å². The highest BCUT2D eigenvalue weighted by Crippen LogP contribution is 2.33. The maximum Gasteiger partial charge on any atom is 0.343 e. The number of carbonyl (C=O) groups is 2. The van der Waals surface area contributed by atoms with Gasteiger partial charge in [0, 0.05) is 31.2 Å². The Labute approximate surface area is 173 Å². The highest BCUT2D eigenvalue weighted by atomic mass is 16.5. The summed E-state index contributed by atoms with van der Waals surface area (Å²) in [6, 6.07) is 7.67. The zero-order chi connectivity index (χ0) is 21.7. The topological polar surface area (TPSA) is 126 Å².